The maximum Gasteiger partial charge on any atom is 0.260 e. The number of furan rings is 1. The van der Waals surface area contributed by atoms with Gasteiger partial charge in [0.2, 0.25) is 5.22 Å². The van der Waals surface area contributed by atoms with Crippen molar-refractivity contribution in [2.75, 3.05) is 19.4 Å². The molecule has 2 rings (SSSR count). The third-order valence-electron chi connectivity index (χ3n) is 2.66. The molecule has 1 aromatic carbocycles. The molecule has 0 aliphatic rings. The first kappa shape index (κ1) is 14.1. The van der Waals surface area contributed by atoms with Crippen LogP contribution in [-0.2, 0) is 0 Å². The van der Waals surface area contributed by atoms with Crippen LogP contribution >= 0.6 is 11.6 Å². The van der Waals surface area contributed by atoms with Gasteiger partial charge in [0, 0.05) is 25.3 Å². The molecular weight excluding hydrogens is 280 g/mol. The summed E-state index contributed by atoms with van der Waals surface area (Å²) in [7, 11) is 3.36. The molecule has 5 nitrogen and oxygen atoms in total. The predicted octanol–water partition coefficient (Wildman–Crippen LogP) is 2.89. The largest absolute Gasteiger partial charge is 0.452 e. The smallest absolute Gasteiger partial charge is 0.260 e. The Morgan fingerprint density at radius 2 is 1.80 bits per heavy atom. The minimum atomic E-state index is -0.365. The molecule has 0 unspecified atom stereocenters. The summed E-state index contributed by atoms with van der Waals surface area (Å²) in [6.07, 6.45) is 1.34. The molecule has 1 heterocycles. The van der Waals surface area contributed by atoms with Crippen molar-refractivity contribution in [2.45, 2.75) is 0 Å². The van der Waals surface area contributed by atoms with Gasteiger partial charge < -0.3 is 14.6 Å². The van der Waals surface area contributed by atoms with E-state index in [1.807, 2.05) is 0 Å². The second-order valence-electron chi connectivity index (χ2n) is 4.34. The average molecular weight is 293 g/mol. The Morgan fingerprint density at radius 3 is 2.30 bits per heavy atom. The number of hydrogen-bond donors (Lipinski definition) is 1. The summed E-state index contributed by atoms with van der Waals surface area (Å²) >= 11 is 5.72. The SMILES string of the molecule is CN(C)C(=O)c1ccc(NC(=O)c2ccoc2Cl)cc1. The summed E-state index contributed by atoms with van der Waals surface area (Å²) in [4.78, 5) is 25.1. The van der Waals surface area contributed by atoms with E-state index in [-0.39, 0.29) is 22.6 Å². The van der Waals surface area contributed by atoms with Crippen molar-refractivity contribution in [3.63, 3.8) is 0 Å². The number of nitrogens with one attached hydrogen (secondary N) is 1. The topological polar surface area (TPSA) is 62.6 Å². The first-order chi connectivity index (χ1) is 9.49. The van der Waals surface area contributed by atoms with Crippen LogP contribution in [0.3, 0.4) is 0 Å². The first-order valence-corrected chi connectivity index (χ1v) is 6.23. The molecule has 20 heavy (non-hydrogen) atoms. The number of benzene rings is 1. The van der Waals surface area contributed by atoms with Crippen LogP contribution in [0.15, 0.2) is 41.0 Å². The van der Waals surface area contributed by atoms with Gasteiger partial charge in [-0.2, -0.15) is 0 Å². The molecule has 0 spiro atoms. The minimum absolute atomic E-state index is 0.0434. The fourth-order valence-corrected chi connectivity index (χ4v) is 1.81. The number of hydrogen-bond acceptors (Lipinski definition) is 3. The van der Waals surface area contributed by atoms with E-state index in [0.717, 1.165) is 0 Å². The van der Waals surface area contributed by atoms with Crippen molar-refractivity contribution in [3.8, 4) is 0 Å². The molecule has 2 aromatic rings. The summed E-state index contributed by atoms with van der Waals surface area (Å²) in [5.41, 5.74) is 1.39. The number of carbonyl (C=O) groups excluding carboxylic acids is 2. The average Bonchev–Trinajstić information content (AvgIpc) is 2.85. The lowest BCUT2D eigenvalue weighted by atomic mass is 10.2. The Hall–Kier alpha value is -2.27. The molecule has 0 fully saturated rings. The van der Waals surface area contributed by atoms with Crippen molar-refractivity contribution in [2.24, 2.45) is 0 Å². The minimum Gasteiger partial charge on any atom is -0.452 e. The molecule has 0 aliphatic carbocycles. The highest BCUT2D eigenvalue weighted by Crippen LogP contribution is 2.19. The zero-order valence-electron chi connectivity index (χ0n) is 11.0. The summed E-state index contributed by atoms with van der Waals surface area (Å²) < 4.78 is 4.85. The fourth-order valence-electron chi connectivity index (χ4n) is 1.61. The van der Waals surface area contributed by atoms with Gasteiger partial charge in [0.1, 0.15) is 0 Å². The van der Waals surface area contributed by atoms with Gasteiger partial charge in [0.25, 0.3) is 11.8 Å². The number of halogens is 1. The van der Waals surface area contributed by atoms with Gasteiger partial charge in [-0.3, -0.25) is 9.59 Å². The number of anilines is 1. The Balaban J connectivity index is 2.10. The van der Waals surface area contributed by atoms with Gasteiger partial charge in [-0.1, -0.05) is 0 Å². The molecule has 0 radical (unpaired) electrons. The Morgan fingerprint density at radius 1 is 1.15 bits per heavy atom. The maximum atomic E-state index is 11.9. The highest BCUT2D eigenvalue weighted by atomic mass is 35.5. The monoisotopic (exact) mass is 292 g/mol. The van der Waals surface area contributed by atoms with Crippen LogP contribution < -0.4 is 5.32 Å². The second-order valence-corrected chi connectivity index (χ2v) is 4.68. The summed E-state index contributed by atoms with van der Waals surface area (Å²) in [5.74, 6) is -0.462. The third kappa shape index (κ3) is 3.00. The number of rotatable bonds is 3. The zero-order chi connectivity index (χ0) is 14.7. The number of amides is 2. The highest BCUT2D eigenvalue weighted by molar-refractivity contribution is 6.32. The number of nitrogens with zero attached hydrogens (tertiary/aromatic N) is 1. The van der Waals surface area contributed by atoms with Gasteiger partial charge in [-0.25, -0.2) is 0 Å². The van der Waals surface area contributed by atoms with E-state index in [4.69, 9.17) is 16.0 Å². The second kappa shape index (κ2) is 5.79. The molecule has 1 N–H and O–H groups in total. The van der Waals surface area contributed by atoms with E-state index in [0.29, 0.717) is 11.3 Å². The zero-order valence-corrected chi connectivity index (χ0v) is 11.8. The predicted molar refractivity (Wildman–Crippen MR) is 76.1 cm³/mol. The van der Waals surface area contributed by atoms with E-state index in [9.17, 15) is 9.59 Å². The highest BCUT2D eigenvalue weighted by Gasteiger charge is 2.13. The van der Waals surface area contributed by atoms with Crippen LogP contribution in [0.5, 0.6) is 0 Å². The number of carbonyl (C=O) groups is 2. The van der Waals surface area contributed by atoms with Gasteiger partial charge in [0.15, 0.2) is 0 Å². The van der Waals surface area contributed by atoms with E-state index < -0.39 is 0 Å². The molecule has 0 saturated heterocycles. The summed E-state index contributed by atoms with van der Waals surface area (Å²) in [6, 6.07) is 8.09. The Labute approximate surface area is 121 Å². The van der Waals surface area contributed by atoms with Crippen LogP contribution in [0.4, 0.5) is 5.69 Å². The van der Waals surface area contributed by atoms with Crippen molar-refractivity contribution < 1.29 is 14.0 Å². The molecule has 6 heteroatoms. The summed E-state index contributed by atoms with van der Waals surface area (Å²) in [5, 5.41) is 2.72. The quantitative estimate of drug-likeness (QED) is 0.946. The van der Waals surface area contributed by atoms with Crippen molar-refractivity contribution in [1.29, 1.82) is 0 Å². The van der Waals surface area contributed by atoms with Gasteiger partial charge in [-0.15, -0.1) is 0 Å². The van der Waals surface area contributed by atoms with Gasteiger partial charge >= 0.3 is 0 Å². The molecule has 1 aromatic heterocycles. The standard InChI is InChI=1S/C14H13ClN2O3/c1-17(2)14(19)9-3-5-10(6-4-9)16-13(18)11-7-8-20-12(11)15/h3-8H,1-2H3,(H,16,18). The first-order valence-electron chi connectivity index (χ1n) is 5.85. The van der Waals surface area contributed by atoms with Crippen LogP contribution in [-0.4, -0.2) is 30.8 Å². The molecule has 0 bridgehead atoms. The van der Waals surface area contributed by atoms with Crippen LogP contribution in [0.1, 0.15) is 20.7 Å². The maximum absolute atomic E-state index is 11.9. The third-order valence-corrected chi connectivity index (χ3v) is 2.95. The molecule has 104 valence electrons. The van der Waals surface area contributed by atoms with E-state index >= 15 is 0 Å². The van der Waals surface area contributed by atoms with Crippen molar-refractivity contribution in [1.82, 2.24) is 4.90 Å². The fraction of sp³-hybridized carbons (Fsp3) is 0.143. The van der Waals surface area contributed by atoms with Crippen LogP contribution in [0.25, 0.3) is 0 Å². The van der Waals surface area contributed by atoms with Crippen molar-refractivity contribution >= 4 is 29.1 Å². The lowest BCUT2D eigenvalue weighted by molar-refractivity contribution is 0.0827. The van der Waals surface area contributed by atoms with E-state index in [1.54, 1.807) is 38.4 Å². The summed E-state index contributed by atoms with van der Waals surface area (Å²) in [6.45, 7) is 0. The van der Waals surface area contributed by atoms with Gasteiger partial charge in [0.05, 0.1) is 11.8 Å². The molecular formula is C14H13ClN2O3. The van der Waals surface area contributed by atoms with Gasteiger partial charge in [-0.05, 0) is 41.9 Å². The normalized spacial score (nSPS) is 10.2. The van der Waals surface area contributed by atoms with Crippen LogP contribution in [0, 0.1) is 0 Å². The molecule has 0 atom stereocenters. The Bertz CT molecular complexity index is 632. The van der Waals surface area contributed by atoms with Crippen molar-refractivity contribution in [3.05, 3.63) is 52.9 Å². The van der Waals surface area contributed by atoms with E-state index in [1.165, 1.54) is 17.2 Å². The molecule has 0 aliphatic heterocycles. The van der Waals surface area contributed by atoms with Crippen LogP contribution in [0.2, 0.25) is 5.22 Å². The lowest BCUT2D eigenvalue weighted by Gasteiger charge is -2.10. The Kier molecular flexibility index (Phi) is 4.10. The lowest BCUT2D eigenvalue weighted by Crippen LogP contribution is -2.21. The molecule has 2 amide bonds. The molecule has 0 saturated carbocycles. The van der Waals surface area contributed by atoms with E-state index in [2.05, 4.69) is 5.32 Å².